The molecule has 2 amide bonds. The quantitative estimate of drug-likeness (QED) is 0.787. The maximum Gasteiger partial charge on any atom is 0.237 e. The number of hydrogen-bond donors (Lipinski definition) is 2. The van der Waals surface area contributed by atoms with Crippen LogP contribution in [0.2, 0.25) is 0 Å². The number of nitrogens with one attached hydrogen (secondary N) is 2. The van der Waals surface area contributed by atoms with Crippen LogP contribution in [0.25, 0.3) is 0 Å². The van der Waals surface area contributed by atoms with Crippen molar-refractivity contribution in [2.45, 2.75) is 51.7 Å². The zero-order valence-corrected chi connectivity index (χ0v) is 16.9. The third-order valence-corrected chi connectivity index (χ3v) is 5.92. The lowest BCUT2D eigenvalue weighted by Gasteiger charge is -2.35. The minimum Gasteiger partial charge on any atom is -0.353 e. The molecule has 152 valence electrons. The van der Waals surface area contributed by atoms with Crippen LogP contribution < -0.4 is 10.6 Å². The summed E-state index contributed by atoms with van der Waals surface area (Å²) in [7, 11) is 0. The maximum absolute atomic E-state index is 12.6. The molecule has 1 atom stereocenters. The van der Waals surface area contributed by atoms with Crippen LogP contribution in [-0.4, -0.2) is 40.8 Å². The molecule has 4 rings (SSSR count). The number of carbonyl (C=O) groups is 2. The van der Waals surface area contributed by atoms with Gasteiger partial charge in [0.25, 0.3) is 0 Å². The molecule has 2 aliphatic rings. The molecule has 1 aromatic carbocycles. The molecule has 0 radical (unpaired) electrons. The first-order valence-corrected chi connectivity index (χ1v) is 10.4. The standard InChI is InChI=1S/C23H28N4O2/c1-16-5-2-3-6-19(16)15-27-10-9-24-23(29)21(27)12-22(28)26-14-17-11-18-7-4-8-20(18)25-13-17/h2-3,5-6,11,13,21H,4,7-10,12,14-15H2,1H3,(H,24,29)(H,26,28). The summed E-state index contributed by atoms with van der Waals surface area (Å²) in [5.74, 6) is -0.179. The number of pyridine rings is 1. The van der Waals surface area contributed by atoms with Gasteiger partial charge in [-0.3, -0.25) is 19.5 Å². The second-order valence-corrected chi connectivity index (χ2v) is 7.99. The predicted molar refractivity (Wildman–Crippen MR) is 111 cm³/mol. The second kappa shape index (κ2) is 8.74. The lowest BCUT2D eigenvalue weighted by atomic mass is 10.0. The lowest BCUT2D eigenvalue weighted by molar-refractivity contribution is -0.134. The Hall–Kier alpha value is -2.73. The number of hydrogen-bond acceptors (Lipinski definition) is 4. The first-order valence-electron chi connectivity index (χ1n) is 10.4. The van der Waals surface area contributed by atoms with E-state index in [1.165, 1.54) is 22.4 Å². The van der Waals surface area contributed by atoms with Crippen molar-refractivity contribution >= 4 is 11.8 Å². The summed E-state index contributed by atoms with van der Waals surface area (Å²) in [4.78, 5) is 31.7. The van der Waals surface area contributed by atoms with E-state index in [9.17, 15) is 9.59 Å². The molecule has 2 heterocycles. The molecular weight excluding hydrogens is 364 g/mol. The van der Waals surface area contributed by atoms with Gasteiger partial charge < -0.3 is 10.6 Å². The Morgan fingerprint density at radius 1 is 1.31 bits per heavy atom. The van der Waals surface area contributed by atoms with E-state index in [2.05, 4.69) is 45.6 Å². The minimum absolute atomic E-state index is 0.0702. The van der Waals surface area contributed by atoms with Crippen molar-refractivity contribution in [3.05, 3.63) is 64.5 Å². The van der Waals surface area contributed by atoms with Crippen LogP contribution in [0.3, 0.4) is 0 Å². The van der Waals surface area contributed by atoms with E-state index in [0.717, 1.165) is 31.4 Å². The molecule has 1 saturated heterocycles. The summed E-state index contributed by atoms with van der Waals surface area (Å²) in [6.07, 6.45) is 5.29. The third kappa shape index (κ3) is 4.65. The Morgan fingerprint density at radius 3 is 3.03 bits per heavy atom. The number of rotatable bonds is 6. The van der Waals surface area contributed by atoms with Gasteiger partial charge in [-0.15, -0.1) is 0 Å². The van der Waals surface area contributed by atoms with Gasteiger partial charge in [-0.25, -0.2) is 0 Å². The Labute approximate surface area is 171 Å². The number of piperazine rings is 1. The zero-order chi connectivity index (χ0) is 20.2. The van der Waals surface area contributed by atoms with E-state index in [0.29, 0.717) is 19.6 Å². The molecule has 0 saturated carbocycles. The van der Waals surface area contributed by atoms with Gasteiger partial charge in [0.15, 0.2) is 0 Å². The van der Waals surface area contributed by atoms with Crippen molar-refractivity contribution in [1.82, 2.24) is 20.5 Å². The number of nitrogens with zero attached hydrogens (tertiary/aromatic N) is 2. The molecular formula is C23H28N4O2. The maximum atomic E-state index is 12.6. The summed E-state index contributed by atoms with van der Waals surface area (Å²) in [6.45, 7) is 4.56. The molecule has 29 heavy (non-hydrogen) atoms. The van der Waals surface area contributed by atoms with Crippen molar-refractivity contribution in [3.63, 3.8) is 0 Å². The molecule has 6 nitrogen and oxygen atoms in total. The SMILES string of the molecule is Cc1ccccc1CN1CCNC(=O)C1CC(=O)NCc1cnc2c(c1)CCC2. The summed E-state index contributed by atoms with van der Waals surface area (Å²) >= 11 is 0. The van der Waals surface area contributed by atoms with Crippen molar-refractivity contribution in [2.75, 3.05) is 13.1 Å². The van der Waals surface area contributed by atoms with Crippen molar-refractivity contribution in [2.24, 2.45) is 0 Å². The van der Waals surface area contributed by atoms with Gasteiger partial charge in [0.05, 0.1) is 12.5 Å². The molecule has 1 aliphatic heterocycles. The van der Waals surface area contributed by atoms with Crippen molar-refractivity contribution < 1.29 is 9.59 Å². The average Bonchev–Trinajstić information content (AvgIpc) is 3.18. The number of aromatic nitrogens is 1. The molecule has 1 unspecified atom stereocenters. The monoisotopic (exact) mass is 392 g/mol. The van der Waals surface area contributed by atoms with Crippen LogP contribution in [0.5, 0.6) is 0 Å². The Kier molecular flexibility index (Phi) is 5.90. The van der Waals surface area contributed by atoms with Crippen LogP contribution in [0.4, 0.5) is 0 Å². The van der Waals surface area contributed by atoms with Crippen LogP contribution in [0.1, 0.15) is 40.8 Å². The fourth-order valence-electron chi connectivity index (χ4n) is 4.20. The molecule has 2 N–H and O–H groups in total. The number of amides is 2. The average molecular weight is 393 g/mol. The van der Waals surface area contributed by atoms with Gasteiger partial charge in [0.2, 0.25) is 11.8 Å². The normalized spacial score (nSPS) is 18.9. The lowest BCUT2D eigenvalue weighted by Crippen LogP contribution is -2.56. The fraction of sp³-hybridized carbons (Fsp3) is 0.435. The van der Waals surface area contributed by atoms with Crippen LogP contribution >= 0.6 is 0 Å². The number of aryl methyl sites for hydroxylation is 3. The van der Waals surface area contributed by atoms with E-state index < -0.39 is 6.04 Å². The molecule has 0 spiro atoms. The first-order chi connectivity index (χ1) is 14.1. The third-order valence-electron chi connectivity index (χ3n) is 5.92. The summed E-state index contributed by atoms with van der Waals surface area (Å²) in [5.41, 5.74) is 5.89. The topological polar surface area (TPSA) is 74.3 Å². The molecule has 0 bridgehead atoms. The van der Waals surface area contributed by atoms with Gasteiger partial charge in [-0.05, 0) is 48.4 Å². The second-order valence-electron chi connectivity index (χ2n) is 7.99. The molecule has 6 heteroatoms. The van der Waals surface area contributed by atoms with Crippen LogP contribution in [-0.2, 0) is 35.5 Å². The highest BCUT2D eigenvalue weighted by Crippen LogP contribution is 2.20. The minimum atomic E-state index is -0.443. The van der Waals surface area contributed by atoms with E-state index >= 15 is 0 Å². The van der Waals surface area contributed by atoms with E-state index in [1.807, 2.05) is 18.3 Å². The highest BCUT2D eigenvalue weighted by Gasteiger charge is 2.31. The molecule has 2 aromatic rings. The zero-order valence-electron chi connectivity index (χ0n) is 16.9. The van der Waals surface area contributed by atoms with Crippen LogP contribution in [0.15, 0.2) is 36.5 Å². The Balaban J connectivity index is 1.37. The smallest absolute Gasteiger partial charge is 0.237 e. The molecule has 1 aliphatic carbocycles. The first kappa shape index (κ1) is 19.6. The number of benzene rings is 1. The van der Waals surface area contributed by atoms with Gasteiger partial charge in [0, 0.05) is 38.1 Å². The van der Waals surface area contributed by atoms with Gasteiger partial charge in [-0.2, -0.15) is 0 Å². The predicted octanol–water partition coefficient (Wildman–Crippen LogP) is 1.89. The van der Waals surface area contributed by atoms with E-state index in [4.69, 9.17) is 0 Å². The highest BCUT2D eigenvalue weighted by atomic mass is 16.2. The summed E-state index contributed by atoms with van der Waals surface area (Å²) in [5, 5.41) is 5.87. The van der Waals surface area contributed by atoms with E-state index in [-0.39, 0.29) is 18.2 Å². The van der Waals surface area contributed by atoms with Gasteiger partial charge >= 0.3 is 0 Å². The molecule has 1 fully saturated rings. The van der Waals surface area contributed by atoms with Gasteiger partial charge in [0.1, 0.15) is 0 Å². The highest BCUT2D eigenvalue weighted by molar-refractivity contribution is 5.88. The Morgan fingerprint density at radius 2 is 2.17 bits per heavy atom. The molecule has 1 aromatic heterocycles. The van der Waals surface area contributed by atoms with Crippen LogP contribution in [0, 0.1) is 6.92 Å². The largest absolute Gasteiger partial charge is 0.353 e. The summed E-state index contributed by atoms with van der Waals surface area (Å²) in [6, 6.07) is 9.89. The summed E-state index contributed by atoms with van der Waals surface area (Å²) < 4.78 is 0. The van der Waals surface area contributed by atoms with Crippen molar-refractivity contribution in [1.29, 1.82) is 0 Å². The number of carbonyl (C=O) groups excluding carboxylic acids is 2. The van der Waals surface area contributed by atoms with Crippen molar-refractivity contribution in [3.8, 4) is 0 Å². The van der Waals surface area contributed by atoms with Gasteiger partial charge in [-0.1, -0.05) is 30.3 Å². The van der Waals surface area contributed by atoms with E-state index in [1.54, 1.807) is 0 Å². The fourth-order valence-corrected chi connectivity index (χ4v) is 4.20. The Bertz CT molecular complexity index is 912. The number of fused-ring (bicyclic) bond motifs is 1.